The van der Waals surface area contributed by atoms with Crippen LogP contribution < -0.4 is 0 Å². The summed E-state index contributed by atoms with van der Waals surface area (Å²) in [6, 6.07) is 4.72. The minimum absolute atomic E-state index is 0.194. The number of halogens is 2. The fraction of sp³-hybridized carbons (Fsp3) is 0.444. The summed E-state index contributed by atoms with van der Waals surface area (Å²) < 4.78 is 0. The molecule has 1 atom stereocenters. The summed E-state index contributed by atoms with van der Waals surface area (Å²) >= 11 is 12.1. The van der Waals surface area contributed by atoms with Crippen molar-refractivity contribution in [2.45, 2.75) is 51.8 Å². The lowest BCUT2D eigenvalue weighted by molar-refractivity contribution is 0.981. The fourth-order valence-corrected chi connectivity index (χ4v) is 5.28. The van der Waals surface area contributed by atoms with Crippen molar-refractivity contribution in [1.29, 1.82) is 0 Å². The Balaban J connectivity index is 2.58. The number of benzene rings is 1. The zero-order valence-corrected chi connectivity index (χ0v) is 16.3. The summed E-state index contributed by atoms with van der Waals surface area (Å²) in [6.45, 7) is 8.76. The molecule has 0 aliphatic rings. The molecule has 1 aromatic heterocycles. The normalized spacial score (nSPS) is 12.7. The van der Waals surface area contributed by atoms with Crippen LogP contribution in [0.2, 0.25) is 5.02 Å². The first-order chi connectivity index (χ1) is 10.0. The van der Waals surface area contributed by atoms with Gasteiger partial charge in [0.2, 0.25) is 0 Å². The van der Waals surface area contributed by atoms with Crippen molar-refractivity contribution in [3.63, 3.8) is 0 Å². The van der Waals surface area contributed by atoms with Gasteiger partial charge in [-0.3, -0.25) is 0 Å². The van der Waals surface area contributed by atoms with Crippen molar-refractivity contribution in [3.05, 3.63) is 55.2 Å². The third-order valence-electron chi connectivity index (χ3n) is 3.99. The van der Waals surface area contributed by atoms with E-state index in [1.54, 1.807) is 11.3 Å². The number of aryl methyl sites for hydroxylation is 4. The first kappa shape index (κ1) is 17.1. The number of hydrogen-bond acceptors (Lipinski definition) is 1. The summed E-state index contributed by atoms with van der Waals surface area (Å²) in [4.78, 5) is 1.42. The SMILES string of the molecule is CCc1cc(CC)c(C(Br)c2scc(C)c2Cl)c(CC)c1. The van der Waals surface area contributed by atoms with E-state index in [4.69, 9.17) is 11.6 Å². The Bertz CT molecular complexity index is 605. The van der Waals surface area contributed by atoms with E-state index in [2.05, 4.69) is 61.1 Å². The molecule has 1 unspecified atom stereocenters. The number of rotatable bonds is 5. The minimum atomic E-state index is 0.194. The van der Waals surface area contributed by atoms with Crippen LogP contribution in [0, 0.1) is 6.92 Å². The maximum atomic E-state index is 6.48. The average molecular weight is 386 g/mol. The summed E-state index contributed by atoms with van der Waals surface area (Å²) in [5, 5.41) is 3.05. The number of thiophene rings is 1. The molecule has 3 heteroatoms. The Morgan fingerprint density at radius 2 is 1.67 bits per heavy atom. The molecule has 21 heavy (non-hydrogen) atoms. The van der Waals surface area contributed by atoms with E-state index in [9.17, 15) is 0 Å². The topological polar surface area (TPSA) is 0 Å². The van der Waals surface area contributed by atoms with Crippen molar-refractivity contribution in [2.75, 3.05) is 0 Å². The van der Waals surface area contributed by atoms with E-state index in [0.29, 0.717) is 0 Å². The second kappa shape index (κ2) is 7.30. The van der Waals surface area contributed by atoms with Gasteiger partial charge < -0.3 is 0 Å². The first-order valence-electron chi connectivity index (χ1n) is 7.55. The molecule has 2 rings (SSSR count). The molecular formula is C18H22BrClS. The van der Waals surface area contributed by atoms with Gasteiger partial charge in [0.25, 0.3) is 0 Å². The van der Waals surface area contributed by atoms with Crippen molar-refractivity contribution in [1.82, 2.24) is 0 Å². The molecule has 2 aromatic rings. The standard InChI is InChI=1S/C18H22BrClS/c1-5-12-8-13(6-2)15(14(7-3)9-12)16(19)18-17(20)11(4)10-21-18/h8-10,16H,5-7H2,1-4H3. The van der Waals surface area contributed by atoms with Gasteiger partial charge in [-0.15, -0.1) is 11.3 Å². The smallest absolute Gasteiger partial charge is 0.0758 e. The van der Waals surface area contributed by atoms with Crippen LogP contribution in [0.3, 0.4) is 0 Å². The number of hydrogen-bond donors (Lipinski definition) is 0. The Morgan fingerprint density at radius 1 is 1.10 bits per heavy atom. The molecule has 0 amide bonds. The van der Waals surface area contributed by atoms with Crippen LogP contribution in [0.5, 0.6) is 0 Å². The molecule has 0 spiro atoms. The third-order valence-corrected chi connectivity index (χ3v) is 6.99. The zero-order valence-electron chi connectivity index (χ0n) is 13.1. The summed E-state index contributed by atoms with van der Waals surface area (Å²) in [6.07, 6.45) is 3.20. The van der Waals surface area contributed by atoms with Gasteiger partial charge in [0.15, 0.2) is 0 Å². The molecule has 0 saturated carbocycles. The Labute approximate surface area is 145 Å². The molecule has 0 aliphatic heterocycles. The molecular weight excluding hydrogens is 364 g/mol. The molecule has 0 fully saturated rings. The molecule has 0 radical (unpaired) electrons. The highest BCUT2D eigenvalue weighted by Crippen LogP contribution is 2.43. The molecule has 1 heterocycles. The van der Waals surface area contributed by atoms with Crippen LogP contribution in [0.25, 0.3) is 0 Å². The van der Waals surface area contributed by atoms with Crippen molar-refractivity contribution in [2.24, 2.45) is 0 Å². The molecule has 1 aromatic carbocycles. The van der Waals surface area contributed by atoms with Crippen LogP contribution in [-0.4, -0.2) is 0 Å². The average Bonchev–Trinajstić information content (AvgIpc) is 2.84. The van der Waals surface area contributed by atoms with Gasteiger partial charge in [-0.05, 0) is 59.4 Å². The van der Waals surface area contributed by atoms with E-state index < -0.39 is 0 Å². The lowest BCUT2D eigenvalue weighted by Crippen LogP contribution is -2.04. The Hall–Kier alpha value is -0.310. The highest BCUT2D eigenvalue weighted by Gasteiger charge is 2.22. The highest BCUT2D eigenvalue weighted by atomic mass is 79.9. The Morgan fingerprint density at radius 3 is 2.05 bits per heavy atom. The minimum Gasteiger partial charge on any atom is -0.145 e. The predicted octanol–water partition coefficient (Wildman–Crippen LogP) is 6.88. The van der Waals surface area contributed by atoms with Crippen LogP contribution in [0.15, 0.2) is 17.5 Å². The molecule has 0 N–H and O–H groups in total. The summed E-state index contributed by atoms with van der Waals surface area (Å²) in [5.74, 6) is 0. The summed E-state index contributed by atoms with van der Waals surface area (Å²) in [5.41, 5.74) is 6.90. The lowest BCUT2D eigenvalue weighted by atomic mass is 9.91. The van der Waals surface area contributed by atoms with Crippen LogP contribution in [0.1, 0.15) is 58.3 Å². The van der Waals surface area contributed by atoms with E-state index in [0.717, 1.165) is 24.3 Å². The van der Waals surface area contributed by atoms with Gasteiger partial charge in [0, 0.05) is 4.88 Å². The molecule has 0 bridgehead atoms. The monoisotopic (exact) mass is 384 g/mol. The maximum absolute atomic E-state index is 6.48. The molecule has 0 nitrogen and oxygen atoms in total. The van der Waals surface area contributed by atoms with Gasteiger partial charge >= 0.3 is 0 Å². The molecule has 0 saturated heterocycles. The van der Waals surface area contributed by atoms with E-state index >= 15 is 0 Å². The second-order valence-electron chi connectivity index (χ2n) is 5.35. The van der Waals surface area contributed by atoms with Gasteiger partial charge in [0.05, 0.1) is 9.85 Å². The van der Waals surface area contributed by atoms with Crippen LogP contribution in [0.4, 0.5) is 0 Å². The van der Waals surface area contributed by atoms with Crippen molar-refractivity contribution in [3.8, 4) is 0 Å². The first-order valence-corrected chi connectivity index (χ1v) is 9.72. The third kappa shape index (κ3) is 3.38. The Kier molecular flexibility index (Phi) is 5.93. The maximum Gasteiger partial charge on any atom is 0.0758 e. The van der Waals surface area contributed by atoms with E-state index in [1.165, 1.54) is 32.7 Å². The van der Waals surface area contributed by atoms with Gasteiger partial charge in [-0.2, -0.15) is 0 Å². The van der Waals surface area contributed by atoms with Crippen LogP contribution >= 0.6 is 38.9 Å². The predicted molar refractivity (Wildman–Crippen MR) is 99.4 cm³/mol. The number of alkyl halides is 1. The zero-order chi connectivity index (χ0) is 15.6. The van der Waals surface area contributed by atoms with E-state index in [1.807, 2.05) is 0 Å². The largest absolute Gasteiger partial charge is 0.145 e. The summed E-state index contributed by atoms with van der Waals surface area (Å²) in [7, 11) is 0. The van der Waals surface area contributed by atoms with Crippen molar-refractivity contribution >= 4 is 38.9 Å². The van der Waals surface area contributed by atoms with Crippen molar-refractivity contribution < 1.29 is 0 Å². The van der Waals surface area contributed by atoms with Gasteiger partial charge in [-0.25, -0.2) is 0 Å². The molecule has 0 aliphatic carbocycles. The fourth-order valence-electron chi connectivity index (χ4n) is 2.72. The van der Waals surface area contributed by atoms with E-state index in [-0.39, 0.29) is 4.83 Å². The second-order valence-corrected chi connectivity index (χ2v) is 7.55. The quantitative estimate of drug-likeness (QED) is 0.492. The van der Waals surface area contributed by atoms with Crippen LogP contribution in [-0.2, 0) is 19.3 Å². The lowest BCUT2D eigenvalue weighted by Gasteiger charge is -2.20. The highest BCUT2D eigenvalue weighted by molar-refractivity contribution is 9.09. The molecule has 114 valence electrons. The van der Waals surface area contributed by atoms with Gasteiger partial charge in [-0.1, -0.05) is 60.4 Å². The van der Waals surface area contributed by atoms with Gasteiger partial charge in [0.1, 0.15) is 0 Å².